The summed E-state index contributed by atoms with van der Waals surface area (Å²) in [5.74, 6) is -3.47. The fourth-order valence-electron chi connectivity index (χ4n) is 4.12. The van der Waals surface area contributed by atoms with E-state index in [1.54, 1.807) is 0 Å². The van der Waals surface area contributed by atoms with Crippen LogP contribution in [0.3, 0.4) is 0 Å². The van der Waals surface area contributed by atoms with Crippen molar-refractivity contribution < 1.29 is 27.2 Å². The molecular formula is C21H12F4N2O3S2. The molecule has 3 atom stereocenters. The highest BCUT2D eigenvalue weighted by Crippen LogP contribution is 2.53. The van der Waals surface area contributed by atoms with Gasteiger partial charge < -0.3 is 4.98 Å². The van der Waals surface area contributed by atoms with Crippen LogP contribution in [0.4, 0.5) is 23.2 Å². The summed E-state index contributed by atoms with van der Waals surface area (Å²) in [4.78, 5) is 42.3. The Labute approximate surface area is 186 Å². The first-order valence-corrected chi connectivity index (χ1v) is 11.0. The maximum Gasteiger partial charge on any atom is 0.416 e. The first kappa shape index (κ1) is 21.0. The van der Waals surface area contributed by atoms with E-state index in [1.807, 2.05) is 0 Å². The largest absolute Gasteiger partial charge is 0.416 e. The number of nitrogens with one attached hydrogen (secondary N) is 1. The normalized spacial score (nSPS) is 22.8. The van der Waals surface area contributed by atoms with Gasteiger partial charge in [0.1, 0.15) is 11.1 Å². The molecule has 32 heavy (non-hydrogen) atoms. The number of aromatic amines is 1. The van der Waals surface area contributed by atoms with Gasteiger partial charge in [0.05, 0.1) is 22.2 Å². The van der Waals surface area contributed by atoms with Gasteiger partial charge in [0.15, 0.2) is 0 Å². The minimum atomic E-state index is -4.64. The summed E-state index contributed by atoms with van der Waals surface area (Å²) < 4.78 is 53.0. The van der Waals surface area contributed by atoms with E-state index in [-0.39, 0.29) is 10.6 Å². The van der Waals surface area contributed by atoms with Crippen LogP contribution < -0.4 is 9.77 Å². The van der Waals surface area contributed by atoms with Gasteiger partial charge >= 0.3 is 11.0 Å². The van der Waals surface area contributed by atoms with Crippen molar-refractivity contribution in [3.8, 4) is 0 Å². The second-order valence-electron chi connectivity index (χ2n) is 7.36. The lowest BCUT2D eigenvalue weighted by molar-refractivity contribution is -0.137. The zero-order chi connectivity index (χ0) is 22.8. The highest BCUT2D eigenvalue weighted by atomic mass is 32.2. The number of thioether (sulfide) groups is 1. The van der Waals surface area contributed by atoms with Crippen LogP contribution in [0.15, 0.2) is 58.4 Å². The van der Waals surface area contributed by atoms with Crippen molar-refractivity contribution in [1.29, 1.82) is 0 Å². The Balaban J connectivity index is 1.62. The molecule has 1 saturated heterocycles. The first-order valence-electron chi connectivity index (χ1n) is 9.35. The van der Waals surface area contributed by atoms with Gasteiger partial charge in [-0.3, -0.25) is 14.4 Å². The number of anilines is 1. The number of H-pyrrole nitrogens is 1. The lowest BCUT2D eigenvalue weighted by Crippen LogP contribution is -2.32. The molecule has 1 fully saturated rings. The van der Waals surface area contributed by atoms with Gasteiger partial charge in [0.2, 0.25) is 11.8 Å². The lowest BCUT2D eigenvalue weighted by atomic mass is 9.83. The molecular weight excluding hydrogens is 468 g/mol. The number of fused-ring (bicyclic) bond motifs is 2. The summed E-state index contributed by atoms with van der Waals surface area (Å²) in [5, 5.41) is -0.507. The molecule has 3 unspecified atom stereocenters. The number of hydrogen-bond acceptors (Lipinski definition) is 5. The average molecular weight is 480 g/mol. The van der Waals surface area contributed by atoms with Crippen molar-refractivity contribution in [2.75, 3.05) is 4.90 Å². The second kappa shape index (κ2) is 7.31. The van der Waals surface area contributed by atoms with Crippen LogP contribution >= 0.6 is 23.1 Å². The monoisotopic (exact) mass is 480 g/mol. The van der Waals surface area contributed by atoms with E-state index in [1.165, 1.54) is 30.3 Å². The quantitative estimate of drug-likeness (QED) is 0.436. The van der Waals surface area contributed by atoms with Crippen LogP contribution in [0.25, 0.3) is 0 Å². The van der Waals surface area contributed by atoms with Crippen LogP contribution in [-0.4, -0.2) is 22.0 Å². The van der Waals surface area contributed by atoms with Crippen LogP contribution in [-0.2, 0) is 15.8 Å². The molecule has 0 bridgehead atoms. The minimum Gasteiger partial charge on any atom is -0.307 e. The van der Waals surface area contributed by atoms with Gasteiger partial charge in [0.25, 0.3) is 0 Å². The number of alkyl halides is 3. The molecule has 1 N–H and O–H groups in total. The molecule has 164 valence electrons. The topological polar surface area (TPSA) is 70.2 Å². The first-order chi connectivity index (χ1) is 15.1. The Morgan fingerprint density at radius 2 is 1.69 bits per heavy atom. The van der Waals surface area contributed by atoms with Crippen LogP contribution in [0.5, 0.6) is 0 Å². The van der Waals surface area contributed by atoms with Crippen molar-refractivity contribution in [2.24, 2.45) is 5.92 Å². The fraction of sp³-hybridized carbons (Fsp3) is 0.190. The van der Waals surface area contributed by atoms with Gasteiger partial charge in [-0.2, -0.15) is 13.2 Å². The number of nitrogens with zero attached hydrogens (tertiary/aromatic N) is 1. The van der Waals surface area contributed by atoms with Gasteiger partial charge in [-0.25, -0.2) is 9.29 Å². The molecule has 5 rings (SSSR count). The van der Waals surface area contributed by atoms with E-state index in [0.717, 1.165) is 46.2 Å². The predicted molar refractivity (Wildman–Crippen MR) is 110 cm³/mol. The predicted octanol–water partition coefficient (Wildman–Crippen LogP) is 4.39. The Bertz CT molecular complexity index is 1300. The average Bonchev–Trinajstić information content (AvgIpc) is 3.23. The molecule has 0 radical (unpaired) electrons. The summed E-state index contributed by atoms with van der Waals surface area (Å²) in [5.41, 5.74) is -0.610. The lowest BCUT2D eigenvalue weighted by Gasteiger charge is -2.29. The summed E-state index contributed by atoms with van der Waals surface area (Å²) in [6.07, 6.45) is -4.64. The summed E-state index contributed by atoms with van der Waals surface area (Å²) in [6.45, 7) is 0. The Morgan fingerprint density at radius 3 is 2.38 bits per heavy atom. The number of rotatable bonds is 2. The van der Waals surface area contributed by atoms with Crippen LogP contribution in [0, 0.1) is 11.7 Å². The standard InChI is InChI=1S/C21H12F4N2O3S2/c22-11-6-4-9(5-7-11)13-14-16(31-17-15(13)32-20(30)26-17)19(29)27(18(14)28)12-3-1-2-10(8-12)21(23,24)25/h1-8,13-14,16H,(H,26,30). The highest BCUT2D eigenvalue weighted by molar-refractivity contribution is 8.00. The number of carbonyl (C=O) groups excluding carboxylic acids is 2. The molecule has 0 aliphatic carbocycles. The number of imide groups is 1. The summed E-state index contributed by atoms with van der Waals surface area (Å²) in [7, 11) is 0. The molecule has 11 heteroatoms. The van der Waals surface area contributed by atoms with E-state index >= 15 is 0 Å². The second-order valence-corrected chi connectivity index (χ2v) is 9.53. The number of benzene rings is 2. The molecule has 2 amide bonds. The van der Waals surface area contributed by atoms with Crippen molar-refractivity contribution in [1.82, 2.24) is 4.98 Å². The molecule has 2 aromatic carbocycles. The zero-order valence-corrected chi connectivity index (χ0v) is 17.5. The van der Waals surface area contributed by atoms with E-state index in [9.17, 15) is 31.9 Å². The van der Waals surface area contributed by atoms with Crippen molar-refractivity contribution in [2.45, 2.75) is 22.4 Å². The maximum absolute atomic E-state index is 13.5. The fourth-order valence-corrected chi connectivity index (χ4v) is 6.64. The highest BCUT2D eigenvalue weighted by Gasteiger charge is 2.56. The molecule has 2 aliphatic heterocycles. The number of amides is 2. The number of carbonyl (C=O) groups is 2. The number of thiazole rings is 1. The van der Waals surface area contributed by atoms with Gasteiger partial charge in [-0.1, -0.05) is 41.3 Å². The zero-order valence-electron chi connectivity index (χ0n) is 15.9. The third-order valence-electron chi connectivity index (χ3n) is 5.48. The van der Waals surface area contributed by atoms with Gasteiger partial charge in [-0.05, 0) is 35.9 Å². The maximum atomic E-state index is 13.5. The van der Waals surface area contributed by atoms with E-state index in [4.69, 9.17) is 0 Å². The SMILES string of the molecule is O=C1C2Sc3[nH]c(=O)sc3C(c3ccc(F)cc3)C2C(=O)N1c1cccc(C(F)(F)F)c1. The van der Waals surface area contributed by atoms with Crippen LogP contribution in [0.2, 0.25) is 0 Å². The van der Waals surface area contributed by atoms with Gasteiger partial charge in [-0.15, -0.1) is 0 Å². The minimum absolute atomic E-state index is 0.167. The third-order valence-corrected chi connectivity index (χ3v) is 7.89. The summed E-state index contributed by atoms with van der Waals surface area (Å²) >= 11 is 1.91. The van der Waals surface area contributed by atoms with Crippen molar-refractivity contribution in [3.05, 3.63) is 80.0 Å². The molecule has 5 nitrogen and oxygen atoms in total. The number of aromatic nitrogens is 1. The molecule has 0 saturated carbocycles. The number of hydrogen-bond donors (Lipinski definition) is 1. The van der Waals surface area contributed by atoms with Gasteiger partial charge in [0, 0.05) is 10.8 Å². The molecule has 2 aliphatic rings. The van der Waals surface area contributed by atoms with E-state index in [0.29, 0.717) is 15.5 Å². The molecule has 0 spiro atoms. The smallest absolute Gasteiger partial charge is 0.307 e. The van der Waals surface area contributed by atoms with Crippen molar-refractivity contribution in [3.63, 3.8) is 0 Å². The summed E-state index contributed by atoms with van der Waals surface area (Å²) in [6, 6.07) is 9.43. The Kier molecular flexibility index (Phi) is 4.79. The Hall–Kier alpha value is -2.92. The third kappa shape index (κ3) is 3.27. The van der Waals surface area contributed by atoms with Crippen molar-refractivity contribution >= 4 is 40.6 Å². The number of halogens is 4. The molecule has 3 aromatic rings. The van der Waals surface area contributed by atoms with E-state index in [2.05, 4.69) is 4.98 Å². The van der Waals surface area contributed by atoms with Crippen LogP contribution in [0.1, 0.15) is 21.9 Å². The van der Waals surface area contributed by atoms with E-state index < -0.39 is 46.5 Å². The molecule has 3 heterocycles. The Morgan fingerprint density at radius 1 is 0.969 bits per heavy atom. The molecule has 1 aromatic heterocycles.